The number of amides is 2. The van der Waals surface area contributed by atoms with E-state index in [9.17, 15) is 18.0 Å². The van der Waals surface area contributed by atoms with Crippen LogP contribution in [0.4, 0.5) is 5.69 Å². The van der Waals surface area contributed by atoms with Crippen LogP contribution in [0.25, 0.3) is 0 Å². The van der Waals surface area contributed by atoms with E-state index >= 15 is 0 Å². The normalized spacial score (nSPS) is 19.7. The predicted molar refractivity (Wildman–Crippen MR) is 109 cm³/mol. The third-order valence-corrected chi connectivity index (χ3v) is 7.04. The van der Waals surface area contributed by atoms with Crippen LogP contribution in [0.3, 0.4) is 0 Å². The molecule has 9 heteroatoms. The molecule has 1 aliphatic heterocycles. The number of nitrogens with zero attached hydrogens (tertiary/aromatic N) is 1. The van der Waals surface area contributed by atoms with Crippen LogP contribution in [0.15, 0.2) is 47.4 Å². The molecule has 30 heavy (non-hydrogen) atoms. The zero-order chi connectivity index (χ0) is 21.5. The molecule has 0 spiro atoms. The van der Waals surface area contributed by atoms with E-state index in [0.717, 1.165) is 6.42 Å². The van der Waals surface area contributed by atoms with Crippen LogP contribution in [-0.2, 0) is 14.8 Å². The number of fused-ring (bicyclic) bond motifs is 1. The Labute approximate surface area is 174 Å². The molecule has 1 N–H and O–H groups in total. The Morgan fingerprint density at radius 3 is 2.30 bits per heavy atom. The van der Waals surface area contributed by atoms with Gasteiger partial charge >= 0.3 is 0 Å². The van der Waals surface area contributed by atoms with E-state index in [2.05, 4.69) is 5.32 Å². The number of ether oxygens (including phenoxy) is 2. The molecule has 0 saturated heterocycles. The molecule has 2 amide bonds. The van der Waals surface area contributed by atoms with Crippen molar-refractivity contribution in [2.75, 3.05) is 25.6 Å². The van der Waals surface area contributed by atoms with Gasteiger partial charge in [0.05, 0.1) is 4.90 Å². The van der Waals surface area contributed by atoms with Gasteiger partial charge in [-0.1, -0.05) is 6.92 Å². The number of hydrogen-bond acceptors (Lipinski definition) is 6. The zero-order valence-electron chi connectivity index (χ0n) is 16.6. The summed E-state index contributed by atoms with van der Waals surface area (Å²) in [5.41, 5.74) is 0.754. The summed E-state index contributed by atoms with van der Waals surface area (Å²) in [5, 5.41) is 2.81. The molecular formula is C21H22N2O6S. The molecule has 0 bridgehead atoms. The van der Waals surface area contributed by atoms with E-state index in [1.807, 2.05) is 6.92 Å². The third kappa shape index (κ3) is 3.85. The number of rotatable bonds is 5. The minimum absolute atomic E-state index is 0.0357. The van der Waals surface area contributed by atoms with Gasteiger partial charge in [0.25, 0.3) is 15.9 Å². The fourth-order valence-electron chi connectivity index (χ4n) is 3.25. The second-order valence-electron chi connectivity index (χ2n) is 7.47. The highest BCUT2D eigenvalue weighted by Gasteiger charge is 2.39. The zero-order valence-corrected chi connectivity index (χ0v) is 17.4. The summed E-state index contributed by atoms with van der Waals surface area (Å²) in [4.78, 5) is 24.7. The summed E-state index contributed by atoms with van der Waals surface area (Å²) in [5.74, 6) is 0.498. The number of benzene rings is 2. The predicted octanol–water partition coefficient (Wildman–Crippen LogP) is 2.51. The topological polar surface area (TPSA) is 102 Å². The summed E-state index contributed by atoms with van der Waals surface area (Å²) in [6.45, 7) is 2.74. The van der Waals surface area contributed by atoms with Crippen LogP contribution in [0.2, 0.25) is 0 Å². The molecule has 4 rings (SSSR count). The van der Waals surface area contributed by atoms with Gasteiger partial charge in [0.2, 0.25) is 5.91 Å². The van der Waals surface area contributed by atoms with Crippen LogP contribution in [0.1, 0.15) is 23.7 Å². The summed E-state index contributed by atoms with van der Waals surface area (Å²) in [7, 11) is -2.87. The van der Waals surface area contributed by atoms with Crippen LogP contribution >= 0.6 is 0 Å². The first-order valence-electron chi connectivity index (χ1n) is 9.61. The van der Waals surface area contributed by atoms with Gasteiger partial charge in [-0.2, -0.15) is 0 Å². The molecular weight excluding hydrogens is 408 g/mol. The van der Waals surface area contributed by atoms with Gasteiger partial charge in [0.15, 0.2) is 11.5 Å². The van der Waals surface area contributed by atoms with Gasteiger partial charge in [-0.05, 0) is 48.7 Å². The molecule has 0 aromatic heterocycles. The first kappa shape index (κ1) is 20.2. The number of anilines is 1. The fourth-order valence-corrected chi connectivity index (χ4v) is 4.39. The maximum absolute atomic E-state index is 12.9. The monoisotopic (exact) mass is 430 g/mol. The number of sulfonamides is 1. The van der Waals surface area contributed by atoms with E-state index in [4.69, 9.17) is 9.47 Å². The van der Waals surface area contributed by atoms with Crippen LogP contribution < -0.4 is 14.8 Å². The Kier molecular flexibility index (Phi) is 5.15. The molecule has 8 nitrogen and oxygen atoms in total. The summed E-state index contributed by atoms with van der Waals surface area (Å²) in [6.07, 6.45) is 0.880. The number of carbonyl (C=O) groups is 2. The van der Waals surface area contributed by atoms with Gasteiger partial charge in [0.1, 0.15) is 13.2 Å². The SMILES string of the molecule is CC1CC1C(=O)Nc1ccc(C(=O)N(C)S(=O)(=O)c2ccc3c(c2)OCCO3)cc1. The molecule has 1 aliphatic carbocycles. The Bertz CT molecular complexity index is 1100. The lowest BCUT2D eigenvalue weighted by Crippen LogP contribution is -2.33. The molecule has 2 aromatic carbocycles. The van der Waals surface area contributed by atoms with Crippen molar-refractivity contribution in [3.63, 3.8) is 0 Å². The molecule has 2 aliphatic rings. The second-order valence-corrected chi connectivity index (χ2v) is 9.44. The minimum atomic E-state index is -4.08. The minimum Gasteiger partial charge on any atom is -0.486 e. The van der Waals surface area contributed by atoms with Gasteiger partial charge < -0.3 is 14.8 Å². The average Bonchev–Trinajstić information content (AvgIpc) is 3.49. The highest BCUT2D eigenvalue weighted by Crippen LogP contribution is 2.38. The second kappa shape index (κ2) is 7.64. The van der Waals surface area contributed by atoms with Crippen molar-refractivity contribution in [3.8, 4) is 11.5 Å². The Morgan fingerprint density at radius 2 is 1.67 bits per heavy atom. The van der Waals surface area contributed by atoms with Crippen molar-refractivity contribution in [1.82, 2.24) is 4.31 Å². The van der Waals surface area contributed by atoms with Crippen molar-refractivity contribution in [2.24, 2.45) is 11.8 Å². The molecule has 2 aromatic rings. The lowest BCUT2D eigenvalue weighted by molar-refractivity contribution is -0.117. The third-order valence-electron chi connectivity index (χ3n) is 5.30. The average molecular weight is 430 g/mol. The standard InChI is InChI=1S/C21H22N2O6S/c1-13-11-17(13)20(24)22-15-5-3-14(4-6-15)21(25)23(2)30(26,27)16-7-8-18-19(12-16)29-10-9-28-18/h3-8,12-13,17H,9-11H2,1-2H3,(H,22,24). The first-order chi connectivity index (χ1) is 14.3. The number of hydrogen-bond donors (Lipinski definition) is 1. The van der Waals surface area contributed by atoms with Crippen LogP contribution in [-0.4, -0.2) is 44.8 Å². The highest BCUT2D eigenvalue weighted by atomic mass is 32.2. The fraction of sp³-hybridized carbons (Fsp3) is 0.333. The van der Waals surface area contributed by atoms with Crippen LogP contribution in [0.5, 0.6) is 11.5 Å². The van der Waals surface area contributed by atoms with E-state index in [1.54, 1.807) is 12.1 Å². The van der Waals surface area contributed by atoms with Crippen molar-refractivity contribution in [3.05, 3.63) is 48.0 Å². The summed E-state index contributed by atoms with van der Waals surface area (Å²) < 4.78 is 37.3. The number of carbonyl (C=O) groups excluding carboxylic acids is 2. The number of nitrogens with one attached hydrogen (secondary N) is 1. The molecule has 0 radical (unpaired) electrons. The quantitative estimate of drug-likeness (QED) is 0.782. The van der Waals surface area contributed by atoms with Crippen molar-refractivity contribution >= 4 is 27.5 Å². The van der Waals surface area contributed by atoms with Crippen molar-refractivity contribution in [1.29, 1.82) is 0 Å². The lowest BCUT2D eigenvalue weighted by Gasteiger charge is -2.21. The van der Waals surface area contributed by atoms with Gasteiger partial charge in [-0.25, -0.2) is 12.7 Å². The Balaban J connectivity index is 1.49. The maximum Gasteiger partial charge on any atom is 0.267 e. The molecule has 2 atom stereocenters. The van der Waals surface area contributed by atoms with Crippen LogP contribution in [0, 0.1) is 11.8 Å². The van der Waals surface area contributed by atoms with Gasteiger partial charge in [-0.15, -0.1) is 0 Å². The van der Waals surface area contributed by atoms with E-state index < -0.39 is 15.9 Å². The van der Waals surface area contributed by atoms with Crippen molar-refractivity contribution < 1.29 is 27.5 Å². The van der Waals surface area contributed by atoms with E-state index in [-0.39, 0.29) is 22.3 Å². The highest BCUT2D eigenvalue weighted by molar-refractivity contribution is 7.89. The lowest BCUT2D eigenvalue weighted by atomic mass is 10.2. The van der Waals surface area contributed by atoms with Gasteiger partial charge in [-0.3, -0.25) is 9.59 Å². The molecule has 1 fully saturated rings. The van der Waals surface area contributed by atoms with E-state index in [0.29, 0.717) is 40.6 Å². The molecule has 158 valence electrons. The first-order valence-corrected chi connectivity index (χ1v) is 11.1. The smallest absolute Gasteiger partial charge is 0.267 e. The summed E-state index contributed by atoms with van der Waals surface area (Å²) >= 11 is 0. The van der Waals surface area contributed by atoms with Crippen molar-refractivity contribution in [2.45, 2.75) is 18.2 Å². The Morgan fingerprint density at radius 1 is 1.03 bits per heavy atom. The Hall–Kier alpha value is -3.07. The molecule has 1 saturated carbocycles. The molecule has 1 heterocycles. The van der Waals surface area contributed by atoms with E-state index in [1.165, 1.54) is 37.4 Å². The molecule has 2 unspecified atom stereocenters. The maximum atomic E-state index is 12.9. The van der Waals surface area contributed by atoms with Gasteiger partial charge in [0, 0.05) is 30.3 Å². The largest absolute Gasteiger partial charge is 0.486 e. The summed E-state index contributed by atoms with van der Waals surface area (Å²) in [6, 6.07) is 10.4.